The van der Waals surface area contributed by atoms with Gasteiger partial charge in [-0.1, -0.05) is 140 Å². The van der Waals surface area contributed by atoms with Crippen LogP contribution in [0, 0.1) is 0 Å². The molecule has 0 aliphatic heterocycles. The number of para-hydroxylation sites is 4. The van der Waals surface area contributed by atoms with Crippen molar-refractivity contribution < 1.29 is 4.42 Å². The summed E-state index contributed by atoms with van der Waals surface area (Å²) in [6.45, 7) is 0. The molecule has 1 heterocycles. The molecule has 1 aromatic heterocycles. The van der Waals surface area contributed by atoms with Crippen LogP contribution in [-0.2, 0) is 0 Å². The number of rotatable bonds is 10. The van der Waals surface area contributed by atoms with Gasteiger partial charge in [0.1, 0.15) is 5.52 Å². The smallest absolute Gasteiger partial charge is 0.227 e. The maximum absolute atomic E-state index is 6.86. The number of anilines is 9. The number of nitrogens with zero attached hydrogens (tertiary/aromatic N) is 4. The van der Waals surface area contributed by atoms with E-state index < -0.39 is 0 Å². The van der Waals surface area contributed by atoms with Gasteiger partial charge in [-0.2, -0.15) is 0 Å². The largest absolute Gasteiger partial charge is 0.435 e. The quantitative estimate of drug-likeness (QED) is 0.129. The predicted octanol–water partition coefficient (Wildman–Crippen LogP) is 16.2. The maximum atomic E-state index is 6.86. The summed E-state index contributed by atoms with van der Waals surface area (Å²) in [7, 11) is 0. The van der Waals surface area contributed by atoms with Crippen molar-refractivity contribution in [3.05, 3.63) is 243 Å². The van der Waals surface area contributed by atoms with E-state index >= 15 is 0 Å². The molecule has 0 radical (unpaired) electrons. The fourth-order valence-electron chi connectivity index (χ4n) is 8.59. The summed E-state index contributed by atoms with van der Waals surface area (Å²) in [5, 5.41) is 4.40. The molecule has 0 N–H and O–H groups in total. The SMILES string of the molecule is c1ccc(-c2nc3c(N(c4ccccc4)c4cccc(N(c5ccccc5)c5cccc(N(c6ccccc6)c6ccccc6)c5)c4)cc4ccc5ccccc5c4c3o2)cc1. The van der Waals surface area contributed by atoms with Crippen molar-refractivity contribution in [2.75, 3.05) is 14.7 Å². The number of hydrogen-bond acceptors (Lipinski definition) is 5. The molecule has 62 heavy (non-hydrogen) atoms. The number of aromatic nitrogens is 1. The molecule has 11 rings (SSSR count). The Bertz CT molecular complexity index is 3260. The summed E-state index contributed by atoms with van der Waals surface area (Å²) in [5.41, 5.74) is 11.7. The van der Waals surface area contributed by atoms with Gasteiger partial charge < -0.3 is 19.1 Å². The first-order valence-corrected chi connectivity index (χ1v) is 20.9. The van der Waals surface area contributed by atoms with Crippen molar-refractivity contribution in [3.63, 3.8) is 0 Å². The molecule has 0 aliphatic rings. The van der Waals surface area contributed by atoms with E-state index in [0.717, 1.165) is 89.4 Å². The summed E-state index contributed by atoms with van der Waals surface area (Å²) < 4.78 is 6.86. The average molecular weight is 797 g/mol. The van der Waals surface area contributed by atoms with Crippen LogP contribution in [0.3, 0.4) is 0 Å². The lowest BCUT2D eigenvalue weighted by molar-refractivity contribution is 0.623. The van der Waals surface area contributed by atoms with E-state index in [1.165, 1.54) is 0 Å². The highest BCUT2D eigenvalue weighted by Crippen LogP contribution is 2.47. The highest BCUT2D eigenvalue weighted by atomic mass is 16.3. The van der Waals surface area contributed by atoms with Crippen LogP contribution >= 0.6 is 0 Å². The van der Waals surface area contributed by atoms with Crippen LogP contribution in [0.15, 0.2) is 247 Å². The standard InChI is InChI=1S/C57H40N4O/c1-6-21-42(22-7-1)57-58-55-53(38-43-37-36-41-20-16-17-35-52(41)54(43)56(55)62-57)61(47-29-14-5-15-30-47)51-34-19-33-50(40-51)60(46-27-12-4-13-28-46)49-32-18-31-48(39-49)59(44-23-8-2-9-24-44)45-25-10-3-11-26-45/h1-40H. The Hall–Kier alpha value is -8.41. The van der Waals surface area contributed by atoms with Crippen molar-refractivity contribution >= 4 is 83.8 Å². The van der Waals surface area contributed by atoms with Gasteiger partial charge in [0.25, 0.3) is 0 Å². The molecule has 5 heteroatoms. The predicted molar refractivity (Wildman–Crippen MR) is 259 cm³/mol. The van der Waals surface area contributed by atoms with Crippen LogP contribution in [0.5, 0.6) is 0 Å². The van der Waals surface area contributed by atoms with Crippen molar-refractivity contribution in [3.8, 4) is 11.5 Å². The molecule has 0 fully saturated rings. The zero-order valence-corrected chi connectivity index (χ0v) is 33.8. The third-order valence-electron chi connectivity index (χ3n) is 11.4. The van der Waals surface area contributed by atoms with E-state index in [1.54, 1.807) is 0 Å². The minimum atomic E-state index is 0.583. The first-order valence-electron chi connectivity index (χ1n) is 20.9. The molecule has 0 unspecified atom stereocenters. The van der Waals surface area contributed by atoms with E-state index in [2.05, 4.69) is 239 Å². The van der Waals surface area contributed by atoms with Crippen LogP contribution in [0.1, 0.15) is 0 Å². The summed E-state index contributed by atoms with van der Waals surface area (Å²) in [5.74, 6) is 0.583. The van der Waals surface area contributed by atoms with Crippen LogP contribution in [0.2, 0.25) is 0 Å². The average Bonchev–Trinajstić information content (AvgIpc) is 3.80. The molecule has 0 bridgehead atoms. The van der Waals surface area contributed by atoms with Crippen molar-refractivity contribution in [2.24, 2.45) is 0 Å². The monoisotopic (exact) mass is 796 g/mol. The van der Waals surface area contributed by atoms with Gasteiger partial charge in [0, 0.05) is 56.4 Å². The fraction of sp³-hybridized carbons (Fsp3) is 0. The third kappa shape index (κ3) is 6.78. The maximum Gasteiger partial charge on any atom is 0.227 e. The molecule has 0 spiro atoms. The molecule has 0 atom stereocenters. The van der Waals surface area contributed by atoms with E-state index in [9.17, 15) is 0 Å². The highest BCUT2D eigenvalue weighted by molar-refractivity contribution is 6.21. The molecule has 0 saturated heterocycles. The van der Waals surface area contributed by atoms with Crippen LogP contribution in [0.4, 0.5) is 51.2 Å². The lowest BCUT2D eigenvalue weighted by atomic mass is 9.99. The molecule has 11 aromatic rings. The Kier molecular flexibility index (Phi) is 9.45. The molecule has 5 nitrogen and oxygen atoms in total. The number of hydrogen-bond donors (Lipinski definition) is 0. The van der Waals surface area contributed by atoms with Gasteiger partial charge >= 0.3 is 0 Å². The summed E-state index contributed by atoms with van der Waals surface area (Å²) in [6, 6.07) is 85.1. The van der Waals surface area contributed by atoms with E-state index in [0.29, 0.717) is 5.89 Å². The minimum absolute atomic E-state index is 0.583. The van der Waals surface area contributed by atoms with Gasteiger partial charge in [0.15, 0.2) is 5.58 Å². The van der Waals surface area contributed by atoms with Gasteiger partial charge in [-0.05, 0) is 119 Å². The van der Waals surface area contributed by atoms with Gasteiger partial charge in [0.2, 0.25) is 5.89 Å². The molecular formula is C57H40N4O. The lowest BCUT2D eigenvalue weighted by Gasteiger charge is -2.31. The first kappa shape index (κ1) is 36.7. The molecule has 0 saturated carbocycles. The van der Waals surface area contributed by atoms with Crippen molar-refractivity contribution in [1.29, 1.82) is 0 Å². The molecule has 0 aliphatic carbocycles. The third-order valence-corrected chi connectivity index (χ3v) is 11.4. The molecule has 294 valence electrons. The Morgan fingerprint density at radius 3 is 1.26 bits per heavy atom. The van der Waals surface area contributed by atoms with Gasteiger partial charge in [-0.15, -0.1) is 0 Å². The molecule has 0 amide bonds. The zero-order valence-electron chi connectivity index (χ0n) is 33.8. The van der Waals surface area contributed by atoms with Gasteiger partial charge in [0.05, 0.1) is 5.69 Å². The van der Waals surface area contributed by atoms with E-state index in [-0.39, 0.29) is 0 Å². The fourth-order valence-corrected chi connectivity index (χ4v) is 8.59. The van der Waals surface area contributed by atoms with Crippen molar-refractivity contribution in [1.82, 2.24) is 4.98 Å². The van der Waals surface area contributed by atoms with E-state index in [4.69, 9.17) is 9.40 Å². The topological polar surface area (TPSA) is 35.8 Å². The van der Waals surface area contributed by atoms with Gasteiger partial charge in [-0.3, -0.25) is 0 Å². The highest BCUT2D eigenvalue weighted by Gasteiger charge is 2.24. The minimum Gasteiger partial charge on any atom is -0.435 e. The Morgan fingerprint density at radius 1 is 0.323 bits per heavy atom. The first-order chi connectivity index (χ1) is 30.8. The lowest BCUT2D eigenvalue weighted by Crippen LogP contribution is -2.14. The van der Waals surface area contributed by atoms with Crippen LogP contribution in [-0.4, -0.2) is 4.98 Å². The van der Waals surface area contributed by atoms with E-state index in [1.807, 2.05) is 18.2 Å². The Labute approximate surface area is 360 Å². The number of oxazole rings is 1. The Balaban J connectivity index is 1.11. The molecule has 10 aromatic carbocycles. The summed E-state index contributed by atoms with van der Waals surface area (Å²) >= 11 is 0. The normalized spacial score (nSPS) is 11.2. The summed E-state index contributed by atoms with van der Waals surface area (Å²) in [4.78, 5) is 12.3. The second-order valence-corrected chi connectivity index (χ2v) is 15.2. The van der Waals surface area contributed by atoms with Crippen LogP contribution < -0.4 is 14.7 Å². The zero-order chi connectivity index (χ0) is 41.2. The molecular weight excluding hydrogens is 757 g/mol. The number of benzene rings is 10. The second kappa shape index (κ2) is 16.0. The second-order valence-electron chi connectivity index (χ2n) is 15.2. The van der Waals surface area contributed by atoms with Crippen LogP contribution in [0.25, 0.3) is 44.1 Å². The van der Waals surface area contributed by atoms with Crippen molar-refractivity contribution in [2.45, 2.75) is 0 Å². The summed E-state index contributed by atoms with van der Waals surface area (Å²) in [6.07, 6.45) is 0. The number of fused-ring (bicyclic) bond motifs is 5. The van der Waals surface area contributed by atoms with Gasteiger partial charge in [-0.25, -0.2) is 4.98 Å². The Morgan fingerprint density at radius 2 is 0.726 bits per heavy atom.